The van der Waals surface area contributed by atoms with E-state index in [-0.39, 0.29) is 0 Å². The molecule has 0 saturated carbocycles. The summed E-state index contributed by atoms with van der Waals surface area (Å²) in [5, 5.41) is 18.8. The molecule has 0 amide bonds. The van der Waals surface area contributed by atoms with Crippen molar-refractivity contribution < 1.29 is 10.2 Å². The van der Waals surface area contributed by atoms with Crippen molar-refractivity contribution in [2.24, 2.45) is 0 Å². The maximum Gasteiger partial charge on any atom is 0.119 e. The van der Waals surface area contributed by atoms with Crippen molar-refractivity contribution in [2.75, 3.05) is 0 Å². The molecule has 120 valence electrons. The molecule has 0 bridgehead atoms. The summed E-state index contributed by atoms with van der Waals surface area (Å²) < 4.78 is 0. The van der Waals surface area contributed by atoms with Crippen LogP contribution in [0.15, 0.2) is 48.5 Å². The lowest BCUT2D eigenvalue weighted by molar-refractivity contribution is 0.461. The van der Waals surface area contributed by atoms with Crippen molar-refractivity contribution in [2.45, 2.75) is 52.4 Å². The molecule has 0 heterocycles. The van der Waals surface area contributed by atoms with Crippen molar-refractivity contribution in [1.29, 1.82) is 0 Å². The Bertz CT molecular complexity index is 512. The number of hydrogen-bond acceptors (Lipinski definition) is 2. The molecule has 0 radical (unpaired) electrons. The van der Waals surface area contributed by atoms with Crippen LogP contribution < -0.4 is 0 Å². The number of benzene rings is 2. The van der Waals surface area contributed by atoms with Crippen LogP contribution in [0.2, 0.25) is 0 Å². The van der Waals surface area contributed by atoms with Crippen LogP contribution in [0.4, 0.5) is 0 Å². The van der Waals surface area contributed by atoms with Crippen LogP contribution in [0, 0.1) is 0 Å². The fourth-order valence-electron chi connectivity index (χ4n) is 2.25. The molecule has 0 aliphatic carbocycles. The maximum absolute atomic E-state index is 9.41. The first-order valence-electron chi connectivity index (χ1n) is 8.06. The summed E-state index contributed by atoms with van der Waals surface area (Å²) in [4.78, 5) is 0. The van der Waals surface area contributed by atoms with E-state index >= 15 is 0 Å². The minimum absolute atomic E-state index is 0.418. The average Bonchev–Trinajstić information content (AvgIpc) is 2.55. The zero-order valence-electron chi connectivity index (χ0n) is 14.1. The van der Waals surface area contributed by atoms with E-state index < -0.39 is 0 Å². The van der Waals surface area contributed by atoms with E-state index in [1.54, 1.807) is 12.1 Å². The van der Waals surface area contributed by atoms with Gasteiger partial charge in [0.05, 0.1) is 0 Å². The molecule has 2 atom stereocenters. The Kier molecular flexibility index (Phi) is 7.51. The quantitative estimate of drug-likeness (QED) is 0.747. The van der Waals surface area contributed by atoms with Gasteiger partial charge < -0.3 is 10.2 Å². The van der Waals surface area contributed by atoms with Gasteiger partial charge in [-0.2, -0.15) is 0 Å². The van der Waals surface area contributed by atoms with Gasteiger partial charge in [-0.1, -0.05) is 64.1 Å². The van der Waals surface area contributed by atoms with Crippen LogP contribution in [0.3, 0.4) is 0 Å². The molecule has 2 heteroatoms. The number of rotatable bonds is 4. The van der Waals surface area contributed by atoms with Crippen molar-refractivity contribution >= 4 is 0 Å². The Balaban J connectivity index is 0.000000220. The van der Waals surface area contributed by atoms with Gasteiger partial charge in [-0.25, -0.2) is 0 Å². The van der Waals surface area contributed by atoms with Crippen LogP contribution in [0.1, 0.15) is 63.5 Å². The molecule has 0 aliphatic rings. The SMILES string of the molecule is CCC(C)c1ccccc1O.CCC(C)c1ccccc1O. The van der Waals surface area contributed by atoms with Crippen LogP contribution in [0.25, 0.3) is 0 Å². The van der Waals surface area contributed by atoms with E-state index in [0.717, 1.165) is 24.0 Å². The van der Waals surface area contributed by atoms with Crippen molar-refractivity contribution in [1.82, 2.24) is 0 Å². The van der Waals surface area contributed by atoms with Gasteiger partial charge in [0.25, 0.3) is 0 Å². The fourth-order valence-corrected chi connectivity index (χ4v) is 2.25. The Labute approximate surface area is 134 Å². The summed E-state index contributed by atoms with van der Waals surface area (Å²) in [6.07, 6.45) is 2.13. The molecule has 0 spiro atoms. The minimum Gasteiger partial charge on any atom is -0.508 e. The second-order valence-electron chi connectivity index (χ2n) is 5.74. The molecule has 2 N–H and O–H groups in total. The van der Waals surface area contributed by atoms with E-state index in [1.165, 1.54) is 0 Å². The highest BCUT2D eigenvalue weighted by Crippen LogP contribution is 2.27. The summed E-state index contributed by atoms with van der Waals surface area (Å²) in [6, 6.07) is 15.0. The normalized spacial score (nSPS) is 12.9. The van der Waals surface area contributed by atoms with E-state index in [0.29, 0.717) is 23.3 Å². The zero-order chi connectivity index (χ0) is 16.5. The highest BCUT2D eigenvalue weighted by atomic mass is 16.3. The first kappa shape index (κ1) is 18.1. The Morgan fingerprint density at radius 3 is 1.27 bits per heavy atom. The molecule has 0 saturated heterocycles. The van der Waals surface area contributed by atoms with Gasteiger partial charge in [-0.3, -0.25) is 0 Å². The first-order valence-corrected chi connectivity index (χ1v) is 8.06. The number of phenols is 2. The highest BCUT2D eigenvalue weighted by Gasteiger charge is 2.06. The third-order valence-electron chi connectivity index (χ3n) is 4.16. The highest BCUT2D eigenvalue weighted by molar-refractivity contribution is 5.34. The smallest absolute Gasteiger partial charge is 0.119 e. The lowest BCUT2D eigenvalue weighted by Crippen LogP contribution is -1.90. The molecule has 22 heavy (non-hydrogen) atoms. The molecule has 2 rings (SSSR count). The lowest BCUT2D eigenvalue weighted by Gasteiger charge is -2.09. The van der Waals surface area contributed by atoms with E-state index in [1.807, 2.05) is 36.4 Å². The summed E-state index contributed by atoms with van der Waals surface area (Å²) in [5.74, 6) is 1.75. The van der Waals surface area contributed by atoms with Crippen molar-refractivity contribution in [3.63, 3.8) is 0 Å². The number of aromatic hydroxyl groups is 2. The monoisotopic (exact) mass is 300 g/mol. The molecule has 2 unspecified atom stereocenters. The molecule has 2 aromatic carbocycles. The van der Waals surface area contributed by atoms with Gasteiger partial charge in [0.2, 0.25) is 0 Å². The van der Waals surface area contributed by atoms with E-state index in [4.69, 9.17) is 0 Å². The fraction of sp³-hybridized carbons (Fsp3) is 0.400. The number of para-hydroxylation sites is 2. The summed E-state index contributed by atoms with van der Waals surface area (Å²) in [6.45, 7) is 8.48. The first-order chi connectivity index (χ1) is 10.5. The second kappa shape index (κ2) is 9.14. The van der Waals surface area contributed by atoms with Gasteiger partial charge in [0, 0.05) is 0 Å². The van der Waals surface area contributed by atoms with Crippen molar-refractivity contribution in [3.05, 3.63) is 59.7 Å². The summed E-state index contributed by atoms with van der Waals surface area (Å²) >= 11 is 0. The molecule has 0 aliphatic heterocycles. The third kappa shape index (κ3) is 5.10. The van der Waals surface area contributed by atoms with Gasteiger partial charge in [0.15, 0.2) is 0 Å². The van der Waals surface area contributed by atoms with Crippen LogP contribution >= 0.6 is 0 Å². The van der Waals surface area contributed by atoms with Gasteiger partial charge in [-0.15, -0.1) is 0 Å². The van der Waals surface area contributed by atoms with E-state index in [9.17, 15) is 10.2 Å². The lowest BCUT2D eigenvalue weighted by atomic mass is 9.98. The average molecular weight is 300 g/mol. The zero-order valence-corrected chi connectivity index (χ0v) is 14.1. The predicted octanol–water partition coefficient (Wildman–Crippen LogP) is 5.81. The standard InChI is InChI=1S/2C10H14O/c2*1-3-8(2)9-6-4-5-7-10(9)11/h2*4-8,11H,3H2,1-2H3. The van der Waals surface area contributed by atoms with Crippen molar-refractivity contribution in [3.8, 4) is 11.5 Å². The van der Waals surface area contributed by atoms with Gasteiger partial charge >= 0.3 is 0 Å². The largest absolute Gasteiger partial charge is 0.508 e. The summed E-state index contributed by atoms with van der Waals surface area (Å²) in [7, 11) is 0. The van der Waals surface area contributed by atoms with Crippen LogP contribution in [-0.4, -0.2) is 10.2 Å². The van der Waals surface area contributed by atoms with Gasteiger partial charge in [-0.05, 0) is 47.9 Å². The molecule has 2 nitrogen and oxygen atoms in total. The third-order valence-corrected chi connectivity index (χ3v) is 4.16. The number of hydrogen-bond donors (Lipinski definition) is 2. The van der Waals surface area contributed by atoms with E-state index in [2.05, 4.69) is 27.7 Å². The molecular formula is C20H28O2. The van der Waals surface area contributed by atoms with Gasteiger partial charge in [0.1, 0.15) is 11.5 Å². The second-order valence-corrected chi connectivity index (χ2v) is 5.74. The molecular weight excluding hydrogens is 272 g/mol. The Hall–Kier alpha value is -1.96. The number of phenolic OH excluding ortho intramolecular Hbond substituents is 2. The molecule has 2 aromatic rings. The maximum atomic E-state index is 9.41. The van der Waals surface area contributed by atoms with Crippen LogP contribution in [-0.2, 0) is 0 Å². The van der Waals surface area contributed by atoms with Crippen LogP contribution in [0.5, 0.6) is 11.5 Å². The Morgan fingerprint density at radius 2 is 1.00 bits per heavy atom. The molecule has 0 fully saturated rings. The minimum atomic E-state index is 0.418. The summed E-state index contributed by atoms with van der Waals surface area (Å²) in [5.41, 5.74) is 2.10. The predicted molar refractivity (Wildman–Crippen MR) is 93.6 cm³/mol. The Morgan fingerprint density at radius 1 is 0.682 bits per heavy atom. The molecule has 0 aromatic heterocycles. The topological polar surface area (TPSA) is 40.5 Å².